The van der Waals surface area contributed by atoms with Crippen LogP contribution < -0.4 is 5.56 Å². The first-order valence-corrected chi connectivity index (χ1v) is 9.28. The van der Waals surface area contributed by atoms with Crippen LogP contribution in [0.2, 0.25) is 0 Å². The molecule has 2 heterocycles. The second-order valence-electron chi connectivity index (χ2n) is 7.29. The van der Waals surface area contributed by atoms with Gasteiger partial charge in [-0.2, -0.15) is 15.4 Å². The van der Waals surface area contributed by atoms with E-state index in [2.05, 4.69) is 10.1 Å². The molecule has 8 nitrogen and oxygen atoms in total. The monoisotopic (exact) mass is 398 g/mol. The van der Waals surface area contributed by atoms with E-state index in [1.165, 1.54) is 6.92 Å². The van der Waals surface area contributed by atoms with Gasteiger partial charge in [-0.15, -0.1) is 0 Å². The Morgan fingerprint density at radius 2 is 1.67 bits per heavy atom. The highest BCUT2D eigenvalue weighted by molar-refractivity contribution is 6.26. The molecule has 1 aliphatic heterocycles. The van der Waals surface area contributed by atoms with Crippen molar-refractivity contribution in [3.63, 3.8) is 0 Å². The maximum absolute atomic E-state index is 13.0. The van der Waals surface area contributed by atoms with Gasteiger partial charge in [0.1, 0.15) is 11.6 Å². The third-order valence-corrected chi connectivity index (χ3v) is 5.75. The van der Waals surface area contributed by atoms with E-state index in [0.29, 0.717) is 16.5 Å². The molecule has 2 aliphatic rings. The molecule has 8 heteroatoms. The van der Waals surface area contributed by atoms with Crippen LogP contribution in [0, 0.1) is 18.3 Å². The number of aromatic amines is 1. The van der Waals surface area contributed by atoms with Crippen LogP contribution in [0.3, 0.4) is 0 Å². The summed E-state index contributed by atoms with van der Waals surface area (Å²) in [5.41, 5.74) is 2.37. The van der Waals surface area contributed by atoms with Gasteiger partial charge in [0.15, 0.2) is 0 Å². The second kappa shape index (κ2) is 6.12. The number of hydrazone groups is 1. The zero-order chi connectivity index (χ0) is 21.2. The summed E-state index contributed by atoms with van der Waals surface area (Å²) >= 11 is 0. The van der Waals surface area contributed by atoms with Gasteiger partial charge in [0.25, 0.3) is 17.4 Å². The molecule has 0 spiro atoms. The van der Waals surface area contributed by atoms with Crippen LogP contribution in [0.15, 0.2) is 34.2 Å². The third-order valence-electron chi connectivity index (χ3n) is 5.75. The molecule has 1 aromatic heterocycles. The number of H-pyrrole nitrogens is 1. The predicted octanol–water partition coefficient (Wildman–Crippen LogP) is 2.14. The predicted molar refractivity (Wildman–Crippen MR) is 108 cm³/mol. The Labute approximate surface area is 169 Å². The van der Waals surface area contributed by atoms with Crippen molar-refractivity contribution >= 4 is 28.8 Å². The first kappa shape index (κ1) is 17.8. The highest BCUT2D eigenvalue weighted by Gasteiger charge is 2.35. The number of carbonyl (C=O) groups excluding carboxylic acids is 2. The summed E-state index contributed by atoms with van der Waals surface area (Å²) < 4.78 is 0. The highest BCUT2D eigenvalue weighted by atomic mass is 16.3. The van der Waals surface area contributed by atoms with Gasteiger partial charge in [-0.05, 0) is 54.0 Å². The van der Waals surface area contributed by atoms with E-state index in [1.54, 1.807) is 18.2 Å². The lowest BCUT2D eigenvalue weighted by Gasteiger charge is -2.23. The van der Waals surface area contributed by atoms with E-state index in [1.807, 2.05) is 12.1 Å². The lowest BCUT2D eigenvalue weighted by atomic mass is 9.92. The van der Waals surface area contributed by atoms with Gasteiger partial charge in [0, 0.05) is 5.39 Å². The molecule has 5 rings (SSSR count). The van der Waals surface area contributed by atoms with E-state index in [-0.39, 0.29) is 16.7 Å². The van der Waals surface area contributed by atoms with Crippen LogP contribution in [-0.2, 0) is 12.8 Å². The summed E-state index contributed by atoms with van der Waals surface area (Å²) in [7, 11) is 0. The minimum absolute atomic E-state index is 0.0475. The number of carbonyl (C=O) groups is 2. The molecular weight excluding hydrogens is 384 g/mol. The summed E-state index contributed by atoms with van der Waals surface area (Å²) in [4.78, 5) is 40.0. The highest BCUT2D eigenvalue weighted by Crippen LogP contribution is 2.38. The fourth-order valence-corrected chi connectivity index (χ4v) is 4.24. The van der Waals surface area contributed by atoms with Crippen molar-refractivity contribution in [1.82, 2.24) is 9.99 Å². The number of aryl methyl sites for hydroxylation is 2. The van der Waals surface area contributed by atoms with Gasteiger partial charge in [0.2, 0.25) is 5.88 Å². The Morgan fingerprint density at radius 1 is 1.07 bits per heavy atom. The van der Waals surface area contributed by atoms with Gasteiger partial charge in [-0.25, -0.2) is 0 Å². The largest absolute Gasteiger partial charge is 0.494 e. The molecule has 1 aliphatic carbocycles. The van der Waals surface area contributed by atoms with Crippen LogP contribution in [0.25, 0.3) is 10.8 Å². The maximum atomic E-state index is 13.0. The number of rotatable bonds is 2. The van der Waals surface area contributed by atoms with Crippen LogP contribution >= 0.6 is 0 Å². The first-order valence-electron chi connectivity index (χ1n) is 9.28. The zero-order valence-electron chi connectivity index (χ0n) is 15.8. The molecular formula is C22H14N4O4. The van der Waals surface area contributed by atoms with Crippen LogP contribution in [-0.4, -0.2) is 33.1 Å². The number of nitriles is 1. The minimum atomic E-state index is -0.729. The lowest BCUT2D eigenvalue weighted by molar-refractivity contribution is 0.0616. The van der Waals surface area contributed by atoms with Gasteiger partial charge in [-0.3, -0.25) is 19.4 Å². The standard InChI is InChI=1S/C22H14N4O4/c1-10-15(8-23)19(27)25-20(28)16(10)9-24-26-21(29)13-6-4-11-2-3-12-5-7-14(22(26)30)18(13)17(11)12/h4-7,9H,2-3H2,1H3,(H2,25,27,28)/b24-9+. The Balaban J connectivity index is 1.63. The Morgan fingerprint density at radius 3 is 2.23 bits per heavy atom. The Bertz CT molecular complexity index is 1380. The number of hydrogen-bond donors (Lipinski definition) is 2. The summed E-state index contributed by atoms with van der Waals surface area (Å²) in [6.45, 7) is 1.48. The molecule has 0 fully saturated rings. The fourth-order valence-electron chi connectivity index (χ4n) is 4.24. The number of nitrogens with one attached hydrogen (secondary N) is 1. The van der Waals surface area contributed by atoms with E-state index in [9.17, 15) is 19.5 Å². The minimum Gasteiger partial charge on any atom is -0.494 e. The number of imide groups is 1. The van der Waals surface area contributed by atoms with Crippen molar-refractivity contribution in [2.45, 2.75) is 19.8 Å². The van der Waals surface area contributed by atoms with Crippen molar-refractivity contribution < 1.29 is 14.7 Å². The normalized spacial score (nSPS) is 14.7. The molecule has 0 saturated heterocycles. The SMILES string of the molecule is Cc1c(/C=N/N2C(=O)c3ccc4c5c(ccc(c35)C2=O)CC4)c(O)[nH]c(=O)c1C#N. The number of amides is 2. The topological polar surface area (TPSA) is 127 Å². The molecule has 146 valence electrons. The van der Waals surface area contributed by atoms with Crippen LogP contribution in [0.4, 0.5) is 0 Å². The molecule has 0 saturated carbocycles. The van der Waals surface area contributed by atoms with Gasteiger partial charge in [0.05, 0.1) is 22.9 Å². The molecule has 2 amide bonds. The van der Waals surface area contributed by atoms with Gasteiger partial charge < -0.3 is 5.11 Å². The molecule has 0 bridgehead atoms. The summed E-state index contributed by atoms with van der Waals surface area (Å²) in [6, 6.07) is 9.00. The maximum Gasteiger partial charge on any atom is 0.282 e. The number of nitrogens with zero attached hydrogens (tertiary/aromatic N) is 3. The number of benzene rings is 2. The van der Waals surface area contributed by atoms with Crippen LogP contribution in [0.5, 0.6) is 5.88 Å². The Kier molecular flexibility index (Phi) is 3.64. The van der Waals surface area contributed by atoms with E-state index in [0.717, 1.165) is 40.6 Å². The molecule has 0 radical (unpaired) electrons. The van der Waals surface area contributed by atoms with Crippen molar-refractivity contribution in [2.24, 2.45) is 5.10 Å². The number of pyridine rings is 1. The molecule has 30 heavy (non-hydrogen) atoms. The fraction of sp³-hybridized carbons (Fsp3) is 0.136. The quantitative estimate of drug-likeness (QED) is 0.505. The van der Waals surface area contributed by atoms with Crippen LogP contribution in [0.1, 0.15) is 48.5 Å². The lowest BCUT2D eigenvalue weighted by Crippen LogP contribution is -2.36. The van der Waals surface area contributed by atoms with Crippen molar-refractivity contribution in [2.75, 3.05) is 0 Å². The Hall–Kier alpha value is -4.25. The summed E-state index contributed by atoms with van der Waals surface area (Å²) in [5, 5.41) is 25.6. The average molecular weight is 398 g/mol. The molecule has 2 aromatic carbocycles. The zero-order valence-corrected chi connectivity index (χ0v) is 15.8. The second-order valence-corrected chi connectivity index (χ2v) is 7.29. The molecule has 0 atom stereocenters. The van der Waals surface area contributed by atoms with Crippen molar-refractivity contribution in [3.05, 3.63) is 73.6 Å². The van der Waals surface area contributed by atoms with Crippen molar-refractivity contribution in [1.29, 1.82) is 5.26 Å². The van der Waals surface area contributed by atoms with E-state index >= 15 is 0 Å². The molecule has 3 aromatic rings. The van der Waals surface area contributed by atoms with E-state index in [4.69, 9.17) is 5.26 Å². The average Bonchev–Trinajstić information content (AvgIpc) is 3.14. The number of aromatic nitrogens is 1. The number of aromatic hydroxyl groups is 1. The van der Waals surface area contributed by atoms with Gasteiger partial charge in [-0.1, -0.05) is 12.1 Å². The summed E-state index contributed by atoms with van der Waals surface area (Å²) in [5.74, 6) is -1.64. The molecule has 0 unspecified atom stereocenters. The smallest absolute Gasteiger partial charge is 0.282 e. The van der Waals surface area contributed by atoms with E-state index < -0.39 is 23.3 Å². The van der Waals surface area contributed by atoms with Gasteiger partial charge >= 0.3 is 0 Å². The summed E-state index contributed by atoms with van der Waals surface area (Å²) in [6.07, 6.45) is 2.86. The third kappa shape index (κ3) is 2.26. The van der Waals surface area contributed by atoms with Crippen molar-refractivity contribution in [3.8, 4) is 11.9 Å². The molecule has 2 N–H and O–H groups in total. The number of hydrogen-bond acceptors (Lipinski definition) is 6. The first-order chi connectivity index (χ1) is 14.4.